The Hall–Kier alpha value is -8.08. The third-order valence-corrected chi connectivity index (χ3v) is 9.22. The molecule has 0 aliphatic carbocycles. The molecule has 0 saturated carbocycles. The molecule has 0 amide bonds. The van der Waals surface area contributed by atoms with E-state index < -0.39 is 0 Å². The molecule has 0 spiro atoms. The highest BCUT2D eigenvalue weighted by Gasteiger charge is 2.10. The number of benzene rings is 4. The number of aryl methyl sites for hydroxylation is 3. The number of carbonyl (C=O) groups is 2. The summed E-state index contributed by atoms with van der Waals surface area (Å²) in [6.45, 7) is 29.7. The van der Waals surface area contributed by atoms with Crippen molar-refractivity contribution in [3.63, 3.8) is 0 Å². The van der Waals surface area contributed by atoms with Crippen molar-refractivity contribution in [1.29, 1.82) is 0 Å². The summed E-state index contributed by atoms with van der Waals surface area (Å²) >= 11 is 0. The van der Waals surface area contributed by atoms with Gasteiger partial charge >= 0.3 is 0 Å². The minimum absolute atomic E-state index is 0.0515. The molecule has 4 aromatic carbocycles. The molecule has 0 aliphatic heterocycles. The Kier molecular flexibility index (Phi) is 30.9. The summed E-state index contributed by atoms with van der Waals surface area (Å²) in [6, 6.07) is 30.6. The average molecular weight is 951 g/mol. The fourth-order valence-electron chi connectivity index (χ4n) is 6.09. The zero-order chi connectivity index (χ0) is 53.0. The van der Waals surface area contributed by atoms with Crippen LogP contribution in [0.4, 0.5) is 0 Å². The molecule has 0 atom stereocenters. The highest BCUT2D eigenvalue weighted by atomic mass is 16.1. The molecule has 370 valence electrons. The smallest absolute Gasteiger partial charge is 0.167 e. The lowest BCUT2D eigenvalue weighted by Gasteiger charge is -2.06. The summed E-state index contributed by atoms with van der Waals surface area (Å²) in [4.78, 5) is 50.5. The SMILES string of the molecule is CC.CC.CC.CC.CC.CC.Cc1ncc(C#Cc2cccc(C(=O)Cc3cccc(-n4ccnc4)c3)c2)c(C)n1.Cc1ncncc1C#Cc1cccc(C(=O)Cc2cccc(-n3ccnc3)c2)c1. The summed E-state index contributed by atoms with van der Waals surface area (Å²) in [7, 11) is 0. The maximum absolute atomic E-state index is 12.8. The third kappa shape index (κ3) is 20.6. The highest BCUT2D eigenvalue weighted by Crippen LogP contribution is 2.16. The Morgan fingerprint density at radius 2 is 0.915 bits per heavy atom. The number of carbonyl (C=O) groups excluding carboxylic acids is 2. The van der Waals surface area contributed by atoms with Crippen molar-refractivity contribution in [2.75, 3.05) is 0 Å². The van der Waals surface area contributed by atoms with Gasteiger partial charge in [0.25, 0.3) is 0 Å². The molecule has 8 aromatic rings. The van der Waals surface area contributed by atoms with E-state index in [1.165, 1.54) is 6.33 Å². The Balaban J connectivity index is 0.000000587. The van der Waals surface area contributed by atoms with Gasteiger partial charge in [0.2, 0.25) is 0 Å². The second kappa shape index (κ2) is 36.0. The minimum atomic E-state index is 0.0515. The maximum atomic E-state index is 12.8. The molecule has 0 unspecified atom stereocenters. The van der Waals surface area contributed by atoms with Crippen LogP contribution in [-0.4, -0.2) is 50.6 Å². The van der Waals surface area contributed by atoms with Crippen LogP contribution >= 0.6 is 0 Å². The van der Waals surface area contributed by atoms with Crippen LogP contribution in [-0.2, 0) is 12.8 Å². The van der Waals surface area contributed by atoms with Gasteiger partial charge in [-0.25, -0.2) is 29.9 Å². The van der Waals surface area contributed by atoms with Crippen molar-refractivity contribution >= 4 is 11.6 Å². The second-order valence-corrected chi connectivity index (χ2v) is 13.6. The number of hydrogen-bond donors (Lipinski definition) is 0. The van der Waals surface area contributed by atoms with Crippen molar-refractivity contribution in [2.24, 2.45) is 0 Å². The summed E-state index contributed by atoms with van der Waals surface area (Å²) in [6.07, 6.45) is 16.3. The van der Waals surface area contributed by atoms with E-state index in [-0.39, 0.29) is 11.6 Å². The first kappa shape index (κ1) is 60.9. The lowest BCUT2D eigenvalue weighted by Crippen LogP contribution is -2.04. The van der Waals surface area contributed by atoms with Crippen LogP contribution in [0.3, 0.4) is 0 Å². The molecule has 0 fully saturated rings. The Morgan fingerprint density at radius 1 is 0.479 bits per heavy atom. The number of nitrogens with zero attached hydrogens (tertiary/aromatic N) is 8. The standard InChI is InChI=1S/C25H20N4O.C24H18N4O.6C2H6/c1-18-23(16-27-19(2)28-18)10-9-20-5-3-7-22(13-20)25(30)15-21-6-4-8-24(14-21)29-12-11-26-17-29;1-18-22(15-26-16-27-18)9-8-19-4-2-6-21(12-19)24(29)14-20-5-3-7-23(13-20)28-11-10-25-17-28;6*1-2/h3-8,11-14,16-17H,15H2,1-2H3;2-7,10-13,15-17H,14H2,1H3;6*1-2H3. The highest BCUT2D eigenvalue weighted by molar-refractivity contribution is 5.98. The first-order chi connectivity index (χ1) is 34.8. The van der Waals surface area contributed by atoms with Gasteiger partial charge in [0.15, 0.2) is 11.6 Å². The first-order valence-corrected chi connectivity index (χ1v) is 24.8. The fourth-order valence-corrected chi connectivity index (χ4v) is 6.09. The molecule has 0 N–H and O–H groups in total. The number of rotatable bonds is 8. The van der Waals surface area contributed by atoms with E-state index in [0.29, 0.717) is 24.0 Å². The number of aromatic nitrogens is 8. The average Bonchev–Trinajstić information content (AvgIpc) is 4.19. The van der Waals surface area contributed by atoms with E-state index in [4.69, 9.17) is 0 Å². The molecule has 0 bridgehead atoms. The van der Waals surface area contributed by atoms with Crippen molar-refractivity contribution in [2.45, 2.75) is 117 Å². The monoisotopic (exact) mass is 951 g/mol. The normalized spacial score (nSPS) is 9.06. The van der Waals surface area contributed by atoms with Gasteiger partial charge in [0, 0.05) is 83.7 Å². The number of ketones is 2. The molecule has 0 radical (unpaired) electrons. The molecule has 4 aromatic heterocycles. The number of Topliss-reactive ketones (excluding diaryl/α,β-unsaturated/α-hetero) is 2. The number of hydrogen-bond acceptors (Lipinski definition) is 8. The van der Waals surface area contributed by atoms with Crippen LogP contribution in [0, 0.1) is 44.5 Å². The lowest BCUT2D eigenvalue weighted by molar-refractivity contribution is 0.0984. The van der Waals surface area contributed by atoms with Gasteiger partial charge in [-0.15, -0.1) is 0 Å². The van der Waals surface area contributed by atoms with Gasteiger partial charge in [-0.3, -0.25) is 9.59 Å². The largest absolute Gasteiger partial charge is 0.306 e. The molecular formula is C61H74N8O2. The first-order valence-electron chi connectivity index (χ1n) is 24.8. The quantitative estimate of drug-likeness (QED) is 0.109. The topological polar surface area (TPSA) is 121 Å². The third-order valence-electron chi connectivity index (χ3n) is 9.22. The van der Waals surface area contributed by atoms with Gasteiger partial charge < -0.3 is 9.13 Å². The van der Waals surface area contributed by atoms with E-state index in [0.717, 1.165) is 62.0 Å². The molecule has 10 nitrogen and oxygen atoms in total. The minimum Gasteiger partial charge on any atom is -0.306 e. The predicted molar refractivity (Wildman–Crippen MR) is 294 cm³/mol. The summed E-state index contributed by atoms with van der Waals surface area (Å²) < 4.78 is 3.83. The Bertz CT molecular complexity index is 2880. The van der Waals surface area contributed by atoms with Crippen molar-refractivity contribution in [3.05, 3.63) is 215 Å². The Morgan fingerprint density at radius 3 is 1.32 bits per heavy atom. The van der Waals surface area contributed by atoms with Crippen LogP contribution in [0.2, 0.25) is 0 Å². The maximum Gasteiger partial charge on any atom is 0.167 e. The number of imidazole rings is 2. The predicted octanol–water partition coefficient (Wildman–Crippen LogP) is 14.1. The van der Waals surface area contributed by atoms with E-state index in [2.05, 4.69) is 53.6 Å². The lowest BCUT2D eigenvalue weighted by atomic mass is 10.0. The van der Waals surface area contributed by atoms with Crippen LogP contribution < -0.4 is 0 Å². The van der Waals surface area contributed by atoms with Crippen LogP contribution in [0.1, 0.15) is 154 Å². The van der Waals surface area contributed by atoms with E-state index >= 15 is 0 Å². The van der Waals surface area contributed by atoms with Gasteiger partial charge in [-0.2, -0.15) is 0 Å². The van der Waals surface area contributed by atoms with E-state index in [9.17, 15) is 9.59 Å². The molecule has 0 aliphatic rings. The summed E-state index contributed by atoms with van der Waals surface area (Å²) in [5.74, 6) is 13.2. The van der Waals surface area contributed by atoms with Gasteiger partial charge in [0.05, 0.1) is 35.2 Å². The fraction of sp³-hybridized carbons (Fsp3) is 0.279. The van der Waals surface area contributed by atoms with Crippen LogP contribution in [0.25, 0.3) is 11.4 Å². The molecule has 4 heterocycles. The van der Waals surface area contributed by atoms with Gasteiger partial charge in [-0.1, -0.05) is 155 Å². The summed E-state index contributed by atoms with van der Waals surface area (Å²) in [5, 5.41) is 0. The van der Waals surface area contributed by atoms with Gasteiger partial charge in [-0.05, 0) is 80.4 Å². The van der Waals surface area contributed by atoms with Crippen LogP contribution in [0.5, 0.6) is 0 Å². The van der Waals surface area contributed by atoms with Crippen molar-refractivity contribution < 1.29 is 9.59 Å². The molecular weight excluding hydrogens is 877 g/mol. The summed E-state index contributed by atoms with van der Waals surface area (Å²) in [5.41, 5.74) is 9.97. The van der Waals surface area contributed by atoms with Gasteiger partial charge in [0.1, 0.15) is 12.2 Å². The van der Waals surface area contributed by atoms with E-state index in [1.54, 1.807) is 37.4 Å². The molecule has 71 heavy (non-hydrogen) atoms. The van der Waals surface area contributed by atoms with Crippen molar-refractivity contribution in [3.8, 4) is 35.1 Å². The van der Waals surface area contributed by atoms with E-state index in [1.807, 2.05) is 222 Å². The van der Waals surface area contributed by atoms with Crippen molar-refractivity contribution in [1.82, 2.24) is 39.0 Å². The molecule has 0 saturated heterocycles. The molecule has 10 heteroatoms. The Labute approximate surface area is 425 Å². The zero-order valence-electron chi connectivity index (χ0n) is 44.7. The molecule has 8 rings (SSSR count). The van der Waals surface area contributed by atoms with Crippen LogP contribution in [0.15, 0.2) is 153 Å². The second-order valence-electron chi connectivity index (χ2n) is 13.6. The zero-order valence-corrected chi connectivity index (χ0v) is 44.7.